The van der Waals surface area contributed by atoms with Gasteiger partial charge in [-0.3, -0.25) is 0 Å². The maximum atomic E-state index is 5.54. The lowest BCUT2D eigenvalue weighted by Gasteiger charge is -2.27. The first kappa shape index (κ1) is 13.3. The standard InChI is InChI=1S/C18H19NS/c1-13-7-10-17-16(11-13)12-15(18(20)19-17)9-8-14-5-3-2-4-6-14/h2-7,10-11,15H,8-9,12H2,1H3,(H,19,20). The van der Waals surface area contributed by atoms with E-state index in [1.165, 1.54) is 22.4 Å². The Morgan fingerprint density at radius 1 is 1.15 bits per heavy atom. The van der Waals surface area contributed by atoms with Crippen molar-refractivity contribution in [2.24, 2.45) is 5.92 Å². The van der Waals surface area contributed by atoms with E-state index in [1.54, 1.807) is 0 Å². The van der Waals surface area contributed by atoms with E-state index in [1.807, 2.05) is 0 Å². The number of rotatable bonds is 3. The summed E-state index contributed by atoms with van der Waals surface area (Å²) in [5.41, 5.74) is 5.30. The summed E-state index contributed by atoms with van der Waals surface area (Å²) in [6, 6.07) is 17.2. The third kappa shape index (κ3) is 2.91. The molecule has 0 bridgehead atoms. The fourth-order valence-electron chi connectivity index (χ4n) is 2.83. The van der Waals surface area contributed by atoms with Crippen molar-refractivity contribution in [3.05, 3.63) is 65.2 Å². The molecule has 0 aliphatic carbocycles. The zero-order valence-electron chi connectivity index (χ0n) is 11.7. The van der Waals surface area contributed by atoms with Crippen LogP contribution in [-0.2, 0) is 12.8 Å². The quantitative estimate of drug-likeness (QED) is 0.829. The van der Waals surface area contributed by atoms with Crippen LogP contribution in [0.25, 0.3) is 0 Å². The molecule has 0 radical (unpaired) electrons. The molecule has 1 aliphatic rings. The van der Waals surface area contributed by atoms with Gasteiger partial charge in [-0.2, -0.15) is 0 Å². The van der Waals surface area contributed by atoms with Crippen LogP contribution in [-0.4, -0.2) is 4.99 Å². The number of fused-ring (bicyclic) bond motifs is 1. The summed E-state index contributed by atoms with van der Waals surface area (Å²) >= 11 is 5.54. The largest absolute Gasteiger partial charge is 0.350 e. The second-order valence-corrected chi connectivity index (χ2v) is 6.01. The maximum Gasteiger partial charge on any atom is 0.0832 e. The van der Waals surface area contributed by atoms with Crippen LogP contribution in [0, 0.1) is 12.8 Å². The van der Waals surface area contributed by atoms with E-state index >= 15 is 0 Å². The van der Waals surface area contributed by atoms with Gasteiger partial charge < -0.3 is 5.32 Å². The van der Waals surface area contributed by atoms with Crippen molar-refractivity contribution in [2.75, 3.05) is 5.32 Å². The molecule has 0 saturated heterocycles. The van der Waals surface area contributed by atoms with Crippen molar-refractivity contribution < 1.29 is 0 Å². The van der Waals surface area contributed by atoms with Crippen molar-refractivity contribution in [2.45, 2.75) is 26.2 Å². The number of nitrogens with one attached hydrogen (secondary N) is 1. The second kappa shape index (κ2) is 5.76. The van der Waals surface area contributed by atoms with Gasteiger partial charge in [0.05, 0.1) is 4.99 Å². The number of hydrogen-bond acceptors (Lipinski definition) is 1. The molecule has 102 valence electrons. The highest BCUT2D eigenvalue weighted by Gasteiger charge is 2.22. The zero-order valence-corrected chi connectivity index (χ0v) is 12.5. The van der Waals surface area contributed by atoms with E-state index in [2.05, 4.69) is 60.8 Å². The van der Waals surface area contributed by atoms with Gasteiger partial charge in [0.1, 0.15) is 0 Å². The summed E-state index contributed by atoms with van der Waals surface area (Å²) in [5.74, 6) is 0.458. The molecule has 3 rings (SSSR count). The van der Waals surface area contributed by atoms with E-state index in [0.29, 0.717) is 5.92 Å². The van der Waals surface area contributed by atoms with Crippen LogP contribution in [0.2, 0.25) is 0 Å². The van der Waals surface area contributed by atoms with Gasteiger partial charge in [-0.05, 0) is 43.4 Å². The van der Waals surface area contributed by atoms with Gasteiger partial charge in [0.2, 0.25) is 0 Å². The molecule has 1 heterocycles. The predicted molar refractivity (Wildman–Crippen MR) is 89.4 cm³/mol. The molecule has 1 unspecified atom stereocenters. The summed E-state index contributed by atoms with van der Waals surface area (Å²) in [4.78, 5) is 0.997. The lowest BCUT2D eigenvalue weighted by atomic mass is 9.88. The van der Waals surface area contributed by atoms with Crippen molar-refractivity contribution in [3.8, 4) is 0 Å². The highest BCUT2D eigenvalue weighted by Crippen LogP contribution is 2.29. The summed E-state index contributed by atoms with van der Waals surface area (Å²) in [5, 5.41) is 3.40. The first-order valence-electron chi connectivity index (χ1n) is 7.17. The van der Waals surface area contributed by atoms with Gasteiger partial charge in [-0.1, -0.05) is 60.2 Å². The molecule has 1 aliphatic heterocycles. The van der Waals surface area contributed by atoms with Crippen LogP contribution in [0.5, 0.6) is 0 Å². The van der Waals surface area contributed by atoms with Gasteiger partial charge in [0.15, 0.2) is 0 Å². The minimum atomic E-state index is 0.458. The number of anilines is 1. The molecule has 2 heteroatoms. The molecule has 1 N–H and O–H groups in total. The van der Waals surface area contributed by atoms with Gasteiger partial charge in [0.25, 0.3) is 0 Å². The fourth-order valence-corrected chi connectivity index (χ4v) is 3.14. The molecular formula is C18H19NS. The zero-order chi connectivity index (χ0) is 13.9. The summed E-state index contributed by atoms with van der Waals surface area (Å²) in [6.07, 6.45) is 3.27. The van der Waals surface area contributed by atoms with E-state index in [9.17, 15) is 0 Å². The Balaban J connectivity index is 1.70. The molecule has 2 aromatic carbocycles. The van der Waals surface area contributed by atoms with E-state index < -0.39 is 0 Å². The molecular weight excluding hydrogens is 262 g/mol. The Kier molecular flexibility index (Phi) is 3.83. The third-order valence-corrected chi connectivity index (χ3v) is 4.42. The molecule has 0 amide bonds. The van der Waals surface area contributed by atoms with Crippen LogP contribution in [0.1, 0.15) is 23.1 Å². The molecule has 1 nitrogen and oxygen atoms in total. The predicted octanol–water partition coefficient (Wildman–Crippen LogP) is 4.54. The Labute approximate surface area is 126 Å². The van der Waals surface area contributed by atoms with E-state index in [0.717, 1.165) is 24.3 Å². The number of thiocarbonyl (C=S) groups is 1. The monoisotopic (exact) mass is 281 g/mol. The lowest BCUT2D eigenvalue weighted by molar-refractivity contribution is 0.621. The summed E-state index contributed by atoms with van der Waals surface area (Å²) < 4.78 is 0. The minimum Gasteiger partial charge on any atom is -0.350 e. The van der Waals surface area contributed by atoms with Crippen LogP contribution in [0.15, 0.2) is 48.5 Å². The average Bonchev–Trinajstić information content (AvgIpc) is 2.46. The summed E-state index contributed by atoms with van der Waals surface area (Å²) in [6.45, 7) is 2.15. The van der Waals surface area contributed by atoms with Gasteiger partial charge in [0, 0.05) is 11.6 Å². The molecule has 1 atom stereocenters. The number of hydrogen-bond donors (Lipinski definition) is 1. The van der Waals surface area contributed by atoms with Crippen molar-refractivity contribution in [1.82, 2.24) is 0 Å². The Morgan fingerprint density at radius 2 is 1.95 bits per heavy atom. The first-order chi connectivity index (χ1) is 9.72. The molecule has 0 saturated carbocycles. The van der Waals surface area contributed by atoms with Gasteiger partial charge in [-0.15, -0.1) is 0 Å². The van der Waals surface area contributed by atoms with Crippen LogP contribution in [0.3, 0.4) is 0 Å². The SMILES string of the molecule is Cc1ccc2c(c1)CC(CCc1ccccc1)C(=S)N2. The Bertz CT molecular complexity index is 619. The van der Waals surface area contributed by atoms with Gasteiger partial charge in [-0.25, -0.2) is 0 Å². The van der Waals surface area contributed by atoms with Gasteiger partial charge >= 0.3 is 0 Å². The Morgan fingerprint density at radius 3 is 2.75 bits per heavy atom. The van der Waals surface area contributed by atoms with Crippen LogP contribution >= 0.6 is 12.2 Å². The van der Waals surface area contributed by atoms with Crippen molar-refractivity contribution in [1.29, 1.82) is 0 Å². The molecule has 20 heavy (non-hydrogen) atoms. The fraction of sp³-hybridized carbons (Fsp3) is 0.278. The smallest absolute Gasteiger partial charge is 0.0832 e. The molecule has 0 fully saturated rings. The number of aryl methyl sites for hydroxylation is 2. The topological polar surface area (TPSA) is 12.0 Å². The summed E-state index contributed by atoms with van der Waals surface area (Å²) in [7, 11) is 0. The maximum absolute atomic E-state index is 5.54. The highest BCUT2D eigenvalue weighted by atomic mass is 32.1. The molecule has 0 aromatic heterocycles. The van der Waals surface area contributed by atoms with Crippen molar-refractivity contribution in [3.63, 3.8) is 0 Å². The number of benzene rings is 2. The second-order valence-electron chi connectivity index (χ2n) is 5.58. The normalized spacial score (nSPS) is 17.4. The van der Waals surface area contributed by atoms with Crippen molar-refractivity contribution >= 4 is 22.9 Å². The first-order valence-corrected chi connectivity index (χ1v) is 7.57. The lowest BCUT2D eigenvalue weighted by Crippen LogP contribution is -2.28. The average molecular weight is 281 g/mol. The molecule has 2 aromatic rings. The third-order valence-electron chi connectivity index (χ3n) is 3.98. The van der Waals surface area contributed by atoms with E-state index in [-0.39, 0.29) is 0 Å². The van der Waals surface area contributed by atoms with Crippen LogP contribution < -0.4 is 5.32 Å². The van der Waals surface area contributed by atoms with Crippen LogP contribution in [0.4, 0.5) is 5.69 Å². The van der Waals surface area contributed by atoms with E-state index in [4.69, 9.17) is 12.2 Å². The minimum absolute atomic E-state index is 0.458. The Hall–Kier alpha value is -1.67. The highest BCUT2D eigenvalue weighted by molar-refractivity contribution is 7.80. The molecule has 0 spiro atoms.